The Bertz CT molecular complexity index is 438. The summed E-state index contributed by atoms with van der Waals surface area (Å²) >= 11 is 0. The summed E-state index contributed by atoms with van der Waals surface area (Å²) in [6.07, 6.45) is 3.24. The Morgan fingerprint density at radius 3 is 2.35 bits per heavy atom. The zero-order valence-electron chi connectivity index (χ0n) is 10.9. The van der Waals surface area contributed by atoms with Crippen LogP contribution in [0.15, 0.2) is 24.3 Å². The van der Waals surface area contributed by atoms with Crippen LogP contribution in [0.1, 0.15) is 36.4 Å². The first kappa shape index (κ1) is 12.1. The van der Waals surface area contributed by atoms with Crippen LogP contribution in [0.4, 0.5) is 0 Å². The molecule has 0 aliphatic heterocycles. The van der Waals surface area contributed by atoms with E-state index in [0.29, 0.717) is 0 Å². The van der Waals surface area contributed by atoms with Gasteiger partial charge >= 0.3 is 0 Å². The van der Waals surface area contributed by atoms with E-state index in [2.05, 4.69) is 56.3 Å². The topological polar surface area (TPSA) is 27.0 Å². The highest BCUT2D eigenvalue weighted by Gasteiger charge is 2.46. The predicted octanol–water partition coefficient (Wildman–Crippen LogP) is 3.29. The maximum atomic E-state index is 9.53. The van der Waals surface area contributed by atoms with Gasteiger partial charge < -0.3 is 4.90 Å². The van der Waals surface area contributed by atoms with Crippen LogP contribution in [0, 0.1) is 23.7 Å². The molecule has 2 rings (SSSR count). The number of hydrogen-bond donors (Lipinski definition) is 0. The highest BCUT2D eigenvalue weighted by atomic mass is 15.1. The summed E-state index contributed by atoms with van der Waals surface area (Å²) in [5.41, 5.74) is 2.42. The Morgan fingerprint density at radius 1 is 1.29 bits per heavy atom. The molecule has 1 aromatic rings. The number of nitriles is 1. The van der Waals surface area contributed by atoms with E-state index in [1.54, 1.807) is 0 Å². The zero-order chi connectivity index (χ0) is 12.5. The largest absolute Gasteiger partial charge is 0.301 e. The van der Waals surface area contributed by atoms with Gasteiger partial charge in [-0.1, -0.05) is 30.7 Å². The fraction of sp³-hybridized carbons (Fsp3) is 0.533. The smallest absolute Gasteiger partial charge is 0.0770 e. The Morgan fingerprint density at radius 2 is 1.94 bits per heavy atom. The molecule has 1 aromatic carbocycles. The molecule has 2 nitrogen and oxygen atoms in total. The number of aryl methyl sites for hydroxylation is 1. The Kier molecular flexibility index (Phi) is 3.22. The minimum Gasteiger partial charge on any atom is -0.301 e. The first-order chi connectivity index (χ1) is 8.10. The van der Waals surface area contributed by atoms with Gasteiger partial charge in [0.15, 0.2) is 0 Å². The normalized spacial score (nSPS) is 19.5. The SMILES string of the molecule is Cc1ccccc1C(N(C)C)C1(C#N)CCC1. The maximum Gasteiger partial charge on any atom is 0.0770 e. The van der Waals surface area contributed by atoms with E-state index in [-0.39, 0.29) is 11.5 Å². The summed E-state index contributed by atoms with van der Waals surface area (Å²) in [5.74, 6) is 0. The van der Waals surface area contributed by atoms with Gasteiger partial charge in [-0.25, -0.2) is 0 Å². The number of nitrogens with zero attached hydrogens (tertiary/aromatic N) is 2. The molecule has 1 aliphatic rings. The summed E-state index contributed by atoms with van der Waals surface area (Å²) in [6.45, 7) is 2.13. The maximum absolute atomic E-state index is 9.53. The van der Waals surface area contributed by atoms with Crippen molar-refractivity contribution in [1.29, 1.82) is 5.26 Å². The average molecular weight is 228 g/mol. The minimum absolute atomic E-state index is 0.171. The molecule has 0 saturated heterocycles. The molecule has 17 heavy (non-hydrogen) atoms. The summed E-state index contributed by atoms with van der Waals surface area (Å²) in [5, 5.41) is 9.53. The molecular weight excluding hydrogens is 208 g/mol. The lowest BCUT2D eigenvalue weighted by Crippen LogP contribution is -2.42. The highest BCUT2D eigenvalue weighted by molar-refractivity contribution is 5.33. The van der Waals surface area contributed by atoms with Crippen LogP contribution in [0.25, 0.3) is 0 Å². The van der Waals surface area contributed by atoms with Gasteiger partial charge in [0.25, 0.3) is 0 Å². The lowest BCUT2D eigenvalue weighted by molar-refractivity contribution is 0.0744. The summed E-state index contributed by atoms with van der Waals surface area (Å²) in [4.78, 5) is 2.20. The molecule has 2 heteroatoms. The lowest BCUT2D eigenvalue weighted by atomic mass is 9.62. The molecule has 0 amide bonds. The van der Waals surface area contributed by atoms with Crippen molar-refractivity contribution in [3.8, 4) is 6.07 Å². The van der Waals surface area contributed by atoms with Crippen molar-refractivity contribution in [3.05, 3.63) is 35.4 Å². The van der Waals surface area contributed by atoms with Crippen LogP contribution in [0.2, 0.25) is 0 Å². The van der Waals surface area contributed by atoms with Crippen LogP contribution < -0.4 is 0 Å². The van der Waals surface area contributed by atoms with Crippen LogP contribution in [-0.2, 0) is 0 Å². The van der Waals surface area contributed by atoms with Gasteiger partial charge in [-0.15, -0.1) is 0 Å². The molecular formula is C15H20N2. The third-order valence-electron chi connectivity index (χ3n) is 3.99. The van der Waals surface area contributed by atoms with Gasteiger partial charge in [0.05, 0.1) is 17.5 Å². The van der Waals surface area contributed by atoms with Gasteiger partial charge in [0.1, 0.15) is 0 Å². The lowest BCUT2D eigenvalue weighted by Gasteiger charge is -2.45. The molecule has 90 valence electrons. The summed E-state index contributed by atoms with van der Waals surface area (Å²) in [7, 11) is 4.16. The molecule has 1 aliphatic carbocycles. The fourth-order valence-electron chi connectivity index (χ4n) is 2.97. The van der Waals surface area contributed by atoms with Crippen LogP contribution in [0.3, 0.4) is 0 Å². The van der Waals surface area contributed by atoms with Gasteiger partial charge in [0, 0.05) is 0 Å². The molecule has 0 bridgehead atoms. The van der Waals surface area contributed by atoms with Gasteiger partial charge in [-0.2, -0.15) is 5.26 Å². The van der Waals surface area contributed by atoms with Crippen molar-refractivity contribution in [1.82, 2.24) is 4.90 Å². The monoisotopic (exact) mass is 228 g/mol. The highest BCUT2D eigenvalue weighted by Crippen LogP contribution is 2.52. The van der Waals surface area contributed by atoms with Crippen LogP contribution >= 0.6 is 0 Å². The minimum atomic E-state index is -0.171. The van der Waals surface area contributed by atoms with E-state index >= 15 is 0 Å². The molecule has 0 heterocycles. The molecule has 0 radical (unpaired) electrons. The summed E-state index contributed by atoms with van der Waals surface area (Å²) in [6, 6.07) is 11.2. The molecule has 0 aromatic heterocycles. The number of benzene rings is 1. The third kappa shape index (κ3) is 1.96. The van der Waals surface area contributed by atoms with E-state index < -0.39 is 0 Å². The molecule has 0 spiro atoms. The second-order valence-corrected chi connectivity index (χ2v) is 5.34. The van der Waals surface area contributed by atoms with E-state index in [1.807, 2.05) is 0 Å². The second-order valence-electron chi connectivity index (χ2n) is 5.34. The van der Waals surface area contributed by atoms with Crippen molar-refractivity contribution in [2.45, 2.75) is 32.2 Å². The second kappa shape index (κ2) is 4.50. The molecule has 1 atom stereocenters. The van der Waals surface area contributed by atoms with Gasteiger partial charge in [0.2, 0.25) is 0 Å². The van der Waals surface area contributed by atoms with Gasteiger partial charge in [-0.3, -0.25) is 0 Å². The van der Waals surface area contributed by atoms with Crippen LogP contribution in [0.5, 0.6) is 0 Å². The molecule has 1 saturated carbocycles. The van der Waals surface area contributed by atoms with Crippen molar-refractivity contribution < 1.29 is 0 Å². The summed E-state index contributed by atoms with van der Waals surface area (Å²) < 4.78 is 0. The zero-order valence-corrected chi connectivity index (χ0v) is 10.9. The van der Waals surface area contributed by atoms with Crippen LogP contribution in [-0.4, -0.2) is 19.0 Å². The standard InChI is InChI=1S/C15H20N2/c1-12-7-4-5-8-13(12)14(17(2)3)15(11-16)9-6-10-15/h4-5,7-8,14H,6,9-10H2,1-3H3. The Hall–Kier alpha value is -1.33. The first-order valence-electron chi connectivity index (χ1n) is 6.24. The molecule has 1 unspecified atom stereocenters. The quantitative estimate of drug-likeness (QED) is 0.793. The van der Waals surface area contributed by atoms with E-state index in [4.69, 9.17) is 0 Å². The average Bonchev–Trinajstić information content (AvgIpc) is 2.24. The van der Waals surface area contributed by atoms with Crippen molar-refractivity contribution in [2.75, 3.05) is 14.1 Å². The van der Waals surface area contributed by atoms with Crippen molar-refractivity contribution >= 4 is 0 Å². The fourth-order valence-corrected chi connectivity index (χ4v) is 2.97. The number of rotatable bonds is 3. The first-order valence-corrected chi connectivity index (χ1v) is 6.24. The van der Waals surface area contributed by atoms with Gasteiger partial charge in [-0.05, 0) is 45.0 Å². The molecule has 1 fully saturated rings. The third-order valence-corrected chi connectivity index (χ3v) is 3.99. The predicted molar refractivity (Wildman–Crippen MR) is 69.5 cm³/mol. The number of hydrogen-bond acceptors (Lipinski definition) is 2. The van der Waals surface area contributed by atoms with E-state index in [1.165, 1.54) is 17.5 Å². The Balaban J connectivity index is 2.44. The Labute approximate surface area is 104 Å². The van der Waals surface area contributed by atoms with E-state index in [0.717, 1.165) is 12.8 Å². The van der Waals surface area contributed by atoms with E-state index in [9.17, 15) is 5.26 Å². The van der Waals surface area contributed by atoms with Crippen molar-refractivity contribution in [2.24, 2.45) is 5.41 Å². The van der Waals surface area contributed by atoms with Crippen molar-refractivity contribution in [3.63, 3.8) is 0 Å². The molecule has 0 N–H and O–H groups in total.